The molecular formula is C18H21FN6O. The Morgan fingerprint density at radius 1 is 1.15 bits per heavy atom. The van der Waals surface area contributed by atoms with Crippen LogP contribution < -0.4 is 16.6 Å². The fourth-order valence-electron chi connectivity index (χ4n) is 2.60. The van der Waals surface area contributed by atoms with Crippen molar-refractivity contribution in [1.29, 1.82) is 0 Å². The minimum absolute atomic E-state index is 0.0727. The van der Waals surface area contributed by atoms with Crippen LogP contribution in [0.4, 0.5) is 16.0 Å². The lowest BCUT2D eigenvalue weighted by Crippen LogP contribution is -2.30. The summed E-state index contributed by atoms with van der Waals surface area (Å²) in [5, 5.41) is 4.16. The molecule has 0 amide bonds. The average molecular weight is 356 g/mol. The number of nitrogens with zero attached hydrogens (tertiary/aromatic N) is 3. The molecule has 0 aliphatic carbocycles. The zero-order chi connectivity index (χ0) is 19.1. The van der Waals surface area contributed by atoms with Crippen molar-refractivity contribution in [1.82, 2.24) is 19.9 Å². The normalized spacial score (nSPS) is 12.4. The molecular weight excluding hydrogens is 335 g/mol. The first kappa shape index (κ1) is 17.9. The second-order valence-corrected chi connectivity index (χ2v) is 7.23. The van der Waals surface area contributed by atoms with Crippen LogP contribution >= 0.6 is 0 Å². The lowest BCUT2D eigenvalue weighted by molar-refractivity contribution is 0.206. The minimum atomic E-state index is -1.65. The molecule has 0 spiro atoms. The molecule has 0 radical (unpaired) electrons. The van der Waals surface area contributed by atoms with Gasteiger partial charge >= 0.3 is 0 Å². The van der Waals surface area contributed by atoms with Crippen LogP contribution in [0.1, 0.15) is 39.1 Å². The highest BCUT2D eigenvalue weighted by atomic mass is 19.1. The summed E-state index contributed by atoms with van der Waals surface area (Å²) in [5.41, 5.74) is 4.46. The van der Waals surface area contributed by atoms with E-state index >= 15 is 0 Å². The first-order valence-electron chi connectivity index (χ1n) is 8.16. The molecule has 7 nitrogen and oxygen atoms in total. The Hall–Kier alpha value is -2.87. The highest BCUT2D eigenvalue weighted by molar-refractivity contribution is 5.87. The number of halogens is 1. The molecule has 8 heteroatoms. The van der Waals surface area contributed by atoms with E-state index in [-0.39, 0.29) is 11.4 Å². The number of fused-ring (bicyclic) bond motifs is 1. The number of pyridine rings is 2. The van der Waals surface area contributed by atoms with Gasteiger partial charge in [-0.25, -0.2) is 19.3 Å². The SMILES string of the molecule is CC(C)(N)c1c[nH]c(=O)c2cnc(Nc3ccnc(C(C)(C)F)n3)cc12. The Balaban J connectivity index is 2.06. The van der Waals surface area contributed by atoms with Crippen LogP contribution in [0.3, 0.4) is 0 Å². The fourth-order valence-corrected chi connectivity index (χ4v) is 2.60. The van der Waals surface area contributed by atoms with Crippen LogP contribution in [0.2, 0.25) is 0 Å². The number of nitrogens with two attached hydrogens (primary N) is 1. The standard InChI is InChI=1S/C18H21FN6O/c1-17(2,19)16-21-6-5-13(25-16)24-14-7-10-11(8-22-14)15(26)23-9-12(10)18(3,4)20/h5-9H,20H2,1-4H3,(H,23,26)(H,21,22,24,25). The number of anilines is 2. The number of aromatic amines is 1. The smallest absolute Gasteiger partial charge is 0.257 e. The molecule has 0 aliphatic rings. The molecule has 0 unspecified atom stereocenters. The summed E-state index contributed by atoms with van der Waals surface area (Å²) >= 11 is 0. The topological polar surface area (TPSA) is 110 Å². The zero-order valence-electron chi connectivity index (χ0n) is 15.1. The van der Waals surface area contributed by atoms with E-state index in [4.69, 9.17) is 5.73 Å². The van der Waals surface area contributed by atoms with Crippen LogP contribution in [-0.4, -0.2) is 19.9 Å². The van der Waals surface area contributed by atoms with Crippen LogP contribution in [0.5, 0.6) is 0 Å². The summed E-state index contributed by atoms with van der Waals surface area (Å²) < 4.78 is 14.1. The monoisotopic (exact) mass is 356 g/mol. The van der Waals surface area contributed by atoms with E-state index in [1.807, 2.05) is 13.8 Å². The third-order valence-electron chi connectivity index (χ3n) is 3.92. The average Bonchev–Trinajstić information content (AvgIpc) is 2.53. The van der Waals surface area contributed by atoms with E-state index in [1.165, 1.54) is 26.2 Å². The summed E-state index contributed by atoms with van der Waals surface area (Å²) in [4.78, 5) is 27.1. The van der Waals surface area contributed by atoms with Gasteiger partial charge in [-0.15, -0.1) is 0 Å². The van der Waals surface area contributed by atoms with Crippen molar-refractivity contribution in [2.24, 2.45) is 5.73 Å². The molecule has 3 rings (SSSR count). The van der Waals surface area contributed by atoms with Crippen molar-refractivity contribution < 1.29 is 4.39 Å². The van der Waals surface area contributed by atoms with Crippen molar-refractivity contribution in [3.63, 3.8) is 0 Å². The molecule has 3 heterocycles. The van der Waals surface area contributed by atoms with Gasteiger partial charge in [0.15, 0.2) is 11.5 Å². The van der Waals surface area contributed by atoms with Crippen LogP contribution in [-0.2, 0) is 11.2 Å². The van der Waals surface area contributed by atoms with E-state index in [1.54, 1.807) is 18.3 Å². The lowest BCUT2D eigenvalue weighted by Gasteiger charge is -2.21. The Labute approximate surface area is 149 Å². The van der Waals surface area contributed by atoms with Gasteiger partial charge in [0.2, 0.25) is 0 Å². The van der Waals surface area contributed by atoms with Gasteiger partial charge < -0.3 is 16.0 Å². The van der Waals surface area contributed by atoms with Crippen molar-refractivity contribution in [3.8, 4) is 0 Å². The number of aromatic nitrogens is 4. The fraction of sp³-hybridized carbons (Fsp3) is 0.333. The van der Waals surface area contributed by atoms with Gasteiger partial charge in [0.05, 0.1) is 5.39 Å². The predicted octanol–water partition coefficient (Wildman–Crippen LogP) is 2.86. The molecule has 0 bridgehead atoms. The van der Waals surface area contributed by atoms with Crippen molar-refractivity contribution in [2.45, 2.75) is 38.9 Å². The summed E-state index contributed by atoms with van der Waals surface area (Å²) in [6.07, 6.45) is 4.57. The Bertz CT molecular complexity index is 1020. The molecule has 0 saturated carbocycles. The third-order valence-corrected chi connectivity index (χ3v) is 3.92. The molecule has 136 valence electrons. The summed E-state index contributed by atoms with van der Waals surface area (Å²) in [6.45, 7) is 6.49. The number of alkyl halides is 1. The lowest BCUT2D eigenvalue weighted by atomic mass is 9.93. The highest BCUT2D eigenvalue weighted by Gasteiger charge is 2.23. The molecule has 3 aromatic heterocycles. The van der Waals surface area contributed by atoms with E-state index in [0.717, 1.165) is 5.56 Å². The minimum Gasteiger partial charge on any atom is -0.328 e. The van der Waals surface area contributed by atoms with Gasteiger partial charge in [-0.05, 0) is 50.8 Å². The largest absolute Gasteiger partial charge is 0.328 e. The molecule has 26 heavy (non-hydrogen) atoms. The maximum atomic E-state index is 14.1. The van der Waals surface area contributed by atoms with E-state index in [0.29, 0.717) is 22.4 Å². The number of hydrogen-bond donors (Lipinski definition) is 3. The van der Waals surface area contributed by atoms with Gasteiger partial charge in [0.1, 0.15) is 11.6 Å². The maximum absolute atomic E-state index is 14.1. The van der Waals surface area contributed by atoms with E-state index in [9.17, 15) is 9.18 Å². The maximum Gasteiger partial charge on any atom is 0.257 e. The highest BCUT2D eigenvalue weighted by Crippen LogP contribution is 2.27. The van der Waals surface area contributed by atoms with Crippen LogP contribution in [0, 0.1) is 0 Å². The van der Waals surface area contributed by atoms with Gasteiger partial charge in [-0.3, -0.25) is 4.79 Å². The van der Waals surface area contributed by atoms with E-state index < -0.39 is 11.2 Å². The first-order chi connectivity index (χ1) is 12.1. The Kier molecular flexibility index (Phi) is 4.23. The van der Waals surface area contributed by atoms with Gasteiger partial charge in [0.25, 0.3) is 5.56 Å². The molecule has 0 fully saturated rings. The van der Waals surface area contributed by atoms with Crippen molar-refractivity contribution in [2.75, 3.05) is 5.32 Å². The predicted molar refractivity (Wildman–Crippen MR) is 99.0 cm³/mol. The van der Waals surface area contributed by atoms with Crippen molar-refractivity contribution in [3.05, 3.63) is 52.5 Å². The molecule has 0 aromatic carbocycles. The zero-order valence-corrected chi connectivity index (χ0v) is 15.1. The summed E-state index contributed by atoms with van der Waals surface area (Å²) in [7, 11) is 0. The number of hydrogen-bond acceptors (Lipinski definition) is 6. The first-order valence-corrected chi connectivity index (χ1v) is 8.16. The molecule has 3 aromatic rings. The van der Waals surface area contributed by atoms with Gasteiger partial charge in [0, 0.05) is 24.1 Å². The molecule has 0 saturated heterocycles. The number of nitrogens with one attached hydrogen (secondary N) is 2. The number of H-pyrrole nitrogens is 1. The Morgan fingerprint density at radius 2 is 1.88 bits per heavy atom. The van der Waals surface area contributed by atoms with Gasteiger partial charge in [-0.2, -0.15) is 0 Å². The second-order valence-electron chi connectivity index (χ2n) is 7.23. The summed E-state index contributed by atoms with van der Waals surface area (Å²) in [6, 6.07) is 3.35. The quantitative estimate of drug-likeness (QED) is 0.663. The Morgan fingerprint density at radius 3 is 2.54 bits per heavy atom. The van der Waals surface area contributed by atoms with Crippen LogP contribution in [0.15, 0.2) is 35.5 Å². The molecule has 0 atom stereocenters. The van der Waals surface area contributed by atoms with Crippen LogP contribution in [0.25, 0.3) is 10.8 Å². The third kappa shape index (κ3) is 3.55. The van der Waals surface area contributed by atoms with E-state index in [2.05, 4.69) is 25.3 Å². The number of rotatable bonds is 4. The van der Waals surface area contributed by atoms with Gasteiger partial charge in [-0.1, -0.05) is 0 Å². The molecule has 0 aliphatic heterocycles. The second kappa shape index (κ2) is 6.14. The molecule has 4 N–H and O–H groups in total. The summed E-state index contributed by atoms with van der Waals surface area (Å²) in [5.74, 6) is 0.949. The van der Waals surface area contributed by atoms with Crippen molar-refractivity contribution >= 4 is 22.4 Å².